The quantitative estimate of drug-likeness (QED) is 0.209. The Morgan fingerprint density at radius 2 is 1.61 bits per heavy atom. The summed E-state index contributed by atoms with van der Waals surface area (Å²) < 4.78 is 11.9. The number of hydrogen-bond acceptors (Lipinski definition) is 5. The summed E-state index contributed by atoms with van der Waals surface area (Å²) in [5.41, 5.74) is 4.51. The topological polar surface area (TPSA) is 61.3 Å². The number of para-hydroxylation sites is 2. The van der Waals surface area contributed by atoms with Gasteiger partial charge in [0, 0.05) is 4.47 Å². The number of carbonyl (C=O) groups excluding carboxylic acids is 1. The van der Waals surface area contributed by atoms with Crippen molar-refractivity contribution in [2.75, 3.05) is 6.61 Å². The lowest BCUT2D eigenvalue weighted by molar-refractivity contribution is -0.139. The molecule has 4 rings (SSSR count). The van der Waals surface area contributed by atoms with Crippen LogP contribution in [0.3, 0.4) is 0 Å². The van der Waals surface area contributed by atoms with Gasteiger partial charge in [0.2, 0.25) is 0 Å². The SMILES string of the molecule is Bc1cc(Br)c2nc3ccccc3nc2c1OC(=O)COCc1ccccc1. The second-order valence-electron chi connectivity index (χ2n) is 6.37. The molecule has 0 aliphatic rings. The molecule has 3 aromatic carbocycles. The summed E-state index contributed by atoms with van der Waals surface area (Å²) in [5.74, 6) is -0.0672. The third-order valence-corrected chi connectivity index (χ3v) is 4.87. The zero-order chi connectivity index (χ0) is 19.5. The summed E-state index contributed by atoms with van der Waals surface area (Å²) in [4.78, 5) is 21.7. The zero-order valence-electron chi connectivity index (χ0n) is 15.2. The molecule has 0 radical (unpaired) electrons. The molecule has 7 heteroatoms. The van der Waals surface area contributed by atoms with Crippen LogP contribution in [0.2, 0.25) is 0 Å². The fraction of sp³-hybridized carbons (Fsp3) is 0.0952. The van der Waals surface area contributed by atoms with Crippen molar-refractivity contribution in [2.24, 2.45) is 0 Å². The second-order valence-corrected chi connectivity index (χ2v) is 7.22. The standard InChI is InChI=1S/C21H16BBrN2O3/c22-14-10-15(23)19-20(25-17-9-5-4-8-16(17)24-19)21(14)28-18(26)12-27-11-13-6-2-1-3-7-13/h1-10H,11-12,22H2. The van der Waals surface area contributed by atoms with Gasteiger partial charge in [-0.05, 0) is 45.2 Å². The van der Waals surface area contributed by atoms with Gasteiger partial charge in [-0.3, -0.25) is 0 Å². The van der Waals surface area contributed by atoms with Crippen LogP contribution in [0.1, 0.15) is 5.56 Å². The average molecular weight is 435 g/mol. The zero-order valence-corrected chi connectivity index (χ0v) is 16.8. The number of fused-ring (bicyclic) bond motifs is 2. The van der Waals surface area contributed by atoms with E-state index in [0.29, 0.717) is 23.4 Å². The third-order valence-electron chi connectivity index (χ3n) is 4.26. The van der Waals surface area contributed by atoms with E-state index >= 15 is 0 Å². The van der Waals surface area contributed by atoms with Gasteiger partial charge in [-0.1, -0.05) is 42.5 Å². The predicted octanol–water partition coefficient (Wildman–Crippen LogP) is 2.93. The highest BCUT2D eigenvalue weighted by atomic mass is 79.9. The first kappa shape index (κ1) is 18.6. The van der Waals surface area contributed by atoms with Gasteiger partial charge in [-0.2, -0.15) is 0 Å². The smallest absolute Gasteiger partial charge is 0.337 e. The van der Waals surface area contributed by atoms with Gasteiger partial charge in [-0.25, -0.2) is 14.8 Å². The molecule has 1 heterocycles. The maximum absolute atomic E-state index is 12.3. The van der Waals surface area contributed by atoms with Crippen LogP contribution in [0.4, 0.5) is 0 Å². The van der Waals surface area contributed by atoms with Gasteiger partial charge in [0.1, 0.15) is 25.5 Å². The number of carbonyl (C=O) groups is 1. The minimum atomic E-state index is -0.474. The van der Waals surface area contributed by atoms with Crippen molar-refractivity contribution < 1.29 is 14.3 Å². The molecule has 0 spiro atoms. The van der Waals surface area contributed by atoms with Gasteiger partial charge >= 0.3 is 5.97 Å². The number of halogens is 1. The van der Waals surface area contributed by atoms with E-state index in [2.05, 4.69) is 25.9 Å². The Bertz CT molecular complexity index is 1170. The number of hydrogen-bond donors (Lipinski definition) is 0. The minimum Gasteiger partial charge on any atom is -0.423 e. The maximum atomic E-state index is 12.3. The Balaban J connectivity index is 1.58. The van der Waals surface area contributed by atoms with Gasteiger partial charge in [0.25, 0.3) is 0 Å². The molecule has 0 fully saturated rings. The molecular formula is C21H16BBrN2O3. The van der Waals surface area contributed by atoms with Gasteiger partial charge in [-0.15, -0.1) is 0 Å². The van der Waals surface area contributed by atoms with E-state index in [9.17, 15) is 4.79 Å². The molecular weight excluding hydrogens is 419 g/mol. The minimum absolute atomic E-state index is 0.146. The van der Waals surface area contributed by atoms with Gasteiger partial charge < -0.3 is 9.47 Å². The lowest BCUT2D eigenvalue weighted by atomic mass is 9.94. The lowest BCUT2D eigenvalue weighted by Gasteiger charge is -2.12. The summed E-state index contributed by atoms with van der Waals surface area (Å²) in [6.45, 7) is 0.202. The Morgan fingerprint density at radius 1 is 0.964 bits per heavy atom. The van der Waals surface area contributed by atoms with E-state index in [1.165, 1.54) is 0 Å². The molecule has 0 aliphatic carbocycles. The monoisotopic (exact) mass is 434 g/mol. The fourth-order valence-corrected chi connectivity index (χ4v) is 3.55. The van der Waals surface area contributed by atoms with Crippen molar-refractivity contribution in [2.45, 2.75) is 6.61 Å². The largest absolute Gasteiger partial charge is 0.423 e. The molecule has 5 nitrogen and oxygen atoms in total. The summed E-state index contributed by atoms with van der Waals surface area (Å²) in [5, 5.41) is 0. The molecule has 28 heavy (non-hydrogen) atoms. The van der Waals surface area contributed by atoms with Crippen molar-refractivity contribution in [3.05, 3.63) is 70.7 Å². The third kappa shape index (κ3) is 3.91. The summed E-state index contributed by atoms with van der Waals surface area (Å²) in [6, 6.07) is 19.1. The highest BCUT2D eigenvalue weighted by Gasteiger charge is 2.17. The first-order valence-corrected chi connectivity index (χ1v) is 9.59. The van der Waals surface area contributed by atoms with Crippen LogP contribution in [0, 0.1) is 0 Å². The van der Waals surface area contributed by atoms with E-state index in [0.717, 1.165) is 26.5 Å². The van der Waals surface area contributed by atoms with Crippen LogP contribution in [-0.2, 0) is 16.1 Å². The number of rotatable bonds is 5. The van der Waals surface area contributed by atoms with E-state index in [-0.39, 0.29) is 6.61 Å². The molecule has 4 aromatic rings. The van der Waals surface area contributed by atoms with Crippen LogP contribution in [0.25, 0.3) is 22.1 Å². The number of nitrogens with zero attached hydrogens (tertiary/aromatic N) is 2. The predicted molar refractivity (Wildman–Crippen MR) is 115 cm³/mol. The summed E-state index contributed by atoms with van der Waals surface area (Å²) >= 11 is 3.53. The average Bonchev–Trinajstić information content (AvgIpc) is 2.71. The molecule has 0 aliphatic heterocycles. The molecule has 138 valence electrons. The Labute approximate surface area is 171 Å². The molecule has 0 amide bonds. The maximum Gasteiger partial charge on any atom is 0.337 e. The van der Waals surface area contributed by atoms with Crippen LogP contribution < -0.4 is 10.2 Å². The van der Waals surface area contributed by atoms with E-state index in [4.69, 9.17) is 9.47 Å². The number of aromatic nitrogens is 2. The first-order valence-electron chi connectivity index (χ1n) is 8.80. The van der Waals surface area contributed by atoms with Crippen molar-refractivity contribution in [1.82, 2.24) is 9.97 Å². The summed E-state index contributed by atoms with van der Waals surface area (Å²) in [6.07, 6.45) is 0. The van der Waals surface area contributed by atoms with Crippen molar-refractivity contribution in [3.8, 4) is 5.75 Å². The second kappa shape index (κ2) is 8.08. The van der Waals surface area contributed by atoms with Crippen LogP contribution in [0.15, 0.2) is 65.1 Å². The molecule has 0 unspecified atom stereocenters. The number of benzene rings is 3. The van der Waals surface area contributed by atoms with E-state index in [1.54, 1.807) is 0 Å². The Morgan fingerprint density at radius 3 is 2.32 bits per heavy atom. The van der Waals surface area contributed by atoms with Crippen LogP contribution in [0.5, 0.6) is 5.75 Å². The number of esters is 1. The van der Waals surface area contributed by atoms with Gasteiger partial charge in [0.05, 0.1) is 17.6 Å². The lowest BCUT2D eigenvalue weighted by Crippen LogP contribution is -2.20. The van der Waals surface area contributed by atoms with E-state index in [1.807, 2.05) is 68.5 Å². The molecule has 0 N–H and O–H groups in total. The first-order chi connectivity index (χ1) is 13.6. The van der Waals surface area contributed by atoms with Crippen LogP contribution in [-0.4, -0.2) is 30.4 Å². The molecule has 0 bridgehead atoms. The highest BCUT2D eigenvalue weighted by molar-refractivity contribution is 9.10. The van der Waals surface area contributed by atoms with Crippen molar-refractivity contribution in [1.29, 1.82) is 0 Å². The molecule has 1 aromatic heterocycles. The molecule has 0 saturated carbocycles. The fourth-order valence-electron chi connectivity index (χ4n) is 2.93. The van der Waals surface area contributed by atoms with Gasteiger partial charge in [0.15, 0.2) is 5.75 Å². The van der Waals surface area contributed by atoms with Crippen molar-refractivity contribution in [3.63, 3.8) is 0 Å². The number of ether oxygens (including phenoxy) is 2. The Hall–Kier alpha value is -2.77. The molecule has 0 atom stereocenters. The summed E-state index contributed by atoms with van der Waals surface area (Å²) in [7, 11) is 1.87. The normalized spacial score (nSPS) is 11.0. The molecule has 0 saturated heterocycles. The van der Waals surface area contributed by atoms with Crippen LogP contribution >= 0.6 is 15.9 Å². The van der Waals surface area contributed by atoms with Crippen molar-refractivity contribution >= 4 is 57.3 Å². The van der Waals surface area contributed by atoms with E-state index < -0.39 is 5.97 Å². The Kier molecular flexibility index (Phi) is 5.37. The highest BCUT2D eigenvalue weighted by Crippen LogP contribution is 2.29.